The summed E-state index contributed by atoms with van der Waals surface area (Å²) in [5.41, 5.74) is 11.2. The molecule has 2 atom stereocenters. The molecule has 6 heteroatoms. The van der Waals surface area contributed by atoms with Crippen molar-refractivity contribution in [2.45, 2.75) is 24.9 Å². The first-order valence-corrected chi connectivity index (χ1v) is 7.35. The number of carboxylic acid groups (broad SMARTS) is 2. The van der Waals surface area contributed by atoms with E-state index in [1.807, 2.05) is 36.4 Å². The number of aliphatic carboxylic acids is 2. The summed E-state index contributed by atoms with van der Waals surface area (Å²) in [6.07, 6.45) is 0.385. The van der Waals surface area contributed by atoms with E-state index in [0.717, 1.165) is 5.56 Å². The number of nitrogens with two attached hydrogens (primary N) is 2. The average molecular weight is 330 g/mol. The van der Waals surface area contributed by atoms with E-state index in [4.69, 9.17) is 21.7 Å². The molecule has 0 saturated carbocycles. The molecule has 2 unspecified atom stereocenters. The molecular formula is C18H22N2O4. The largest absolute Gasteiger partial charge is 0.480 e. The molecule has 2 aromatic rings. The van der Waals surface area contributed by atoms with Gasteiger partial charge in [0.25, 0.3) is 0 Å². The normalized spacial score (nSPS) is 13.8. The van der Waals surface area contributed by atoms with Crippen LogP contribution < -0.4 is 11.5 Å². The van der Waals surface area contributed by atoms with Crippen LogP contribution in [-0.2, 0) is 21.5 Å². The Bertz CT molecular complexity index is 657. The van der Waals surface area contributed by atoms with Gasteiger partial charge >= 0.3 is 11.9 Å². The Balaban J connectivity index is 0.000000240. The van der Waals surface area contributed by atoms with Crippen LogP contribution in [0.5, 0.6) is 0 Å². The van der Waals surface area contributed by atoms with Crippen LogP contribution in [0.3, 0.4) is 0 Å². The van der Waals surface area contributed by atoms with Crippen molar-refractivity contribution >= 4 is 11.9 Å². The lowest BCUT2D eigenvalue weighted by Gasteiger charge is -2.18. The molecule has 128 valence electrons. The fourth-order valence-electron chi connectivity index (χ4n) is 1.86. The van der Waals surface area contributed by atoms with Crippen molar-refractivity contribution in [2.24, 2.45) is 11.5 Å². The van der Waals surface area contributed by atoms with Crippen LogP contribution >= 0.6 is 0 Å². The summed E-state index contributed by atoms with van der Waals surface area (Å²) in [6.45, 7) is 1.48. The summed E-state index contributed by atoms with van der Waals surface area (Å²) in [4.78, 5) is 21.1. The second kappa shape index (κ2) is 8.81. The Morgan fingerprint density at radius 2 is 1.46 bits per heavy atom. The minimum absolute atomic E-state index is 0.385. The lowest BCUT2D eigenvalue weighted by atomic mass is 9.94. The Labute approximate surface area is 140 Å². The Kier molecular flexibility index (Phi) is 7.10. The highest BCUT2D eigenvalue weighted by molar-refractivity contribution is 5.79. The molecule has 0 heterocycles. The van der Waals surface area contributed by atoms with Gasteiger partial charge in [-0.2, -0.15) is 0 Å². The fraction of sp³-hybridized carbons (Fsp3) is 0.222. The number of carboxylic acids is 2. The molecule has 0 aliphatic carbocycles. The average Bonchev–Trinajstić information content (AvgIpc) is 2.57. The summed E-state index contributed by atoms with van der Waals surface area (Å²) in [6, 6.07) is 17.3. The lowest BCUT2D eigenvalue weighted by Crippen LogP contribution is -2.41. The lowest BCUT2D eigenvalue weighted by molar-refractivity contribution is -0.143. The quantitative estimate of drug-likeness (QED) is 0.659. The third-order valence-corrected chi connectivity index (χ3v) is 3.43. The zero-order chi connectivity index (χ0) is 18.2. The molecule has 24 heavy (non-hydrogen) atoms. The molecule has 2 aromatic carbocycles. The van der Waals surface area contributed by atoms with Gasteiger partial charge in [-0.05, 0) is 24.5 Å². The summed E-state index contributed by atoms with van der Waals surface area (Å²) in [7, 11) is 0. The van der Waals surface area contributed by atoms with Crippen molar-refractivity contribution in [2.75, 3.05) is 0 Å². The highest BCUT2D eigenvalue weighted by Gasteiger charge is 2.29. The van der Waals surface area contributed by atoms with Crippen molar-refractivity contribution in [3.63, 3.8) is 0 Å². The minimum atomic E-state index is -1.29. The van der Waals surface area contributed by atoms with Gasteiger partial charge in [-0.25, -0.2) is 4.79 Å². The summed E-state index contributed by atoms with van der Waals surface area (Å²) in [5, 5.41) is 17.3. The molecule has 0 aliphatic heterocycles. The second-order valence-corrected chi connectivity index (χ2v) is 5.51. The van der Waals surface area contributed by atoms with Crippen molar-refractivity contribution in [1.82, 2.24) is 0 Å². The van der Waals surface area contributed by atoms with Gasteiger partial charge in [0.15, 0.2) is 0 Å². The van der Waals surface area contributed by atoms with Crippen molar-refractivity contribution in [3.05, 3.63) is 71.8 Å². The van der Waals surface area contributed by atoms with E-state index in [2.05, 4.69) is 0 Å². The first-order chi connectivity index (χ1) is 11.2. The van der Waals surface area contributed by atoms with E-state index in [9.17, 15) is 9.59 Å². The maximum absolute atomic E-state index is 10.7. The van der Waals surface area contributed by atoms with Gasteiger partial charge in [-0.15, -0.1) is 0 Å². The van der Waals surface area contributed by atoms with Crippen molar-refractivity contribution < 1.29 is 19.8 Å². The molecule has 2 rings (SSSR count). The van der Waals surface area contributed by atoms with E-state index in [-0.39, 0.29) is 0 Å². The molecule has 0 spiro atoms. The van der Waals surface area contributed by atoms with E-state index in [1.165, 1.54) is 6.92 Å². The van der Waals surface area contributed by atoms with Gasteiger partial charge in [0.2, 0.25) is 0 Å². The standard InChI is InChI=1S/2C9H11NO2/c1-9(10,8(11)12)7-5-3-2-4-6-7;10-8(9(11)12)6-7-4-2-1-3-5-7/h2-6H,10H2,1H3,(H,11,12);1-5,8H,6,10H2,(H,11,12). The maximum Gasteiger partial charge on any atom is 0.328 e. The molecular weight excluding hydrogens is 308 g/mol. The third-order valence-electron chi connectivity index (χ3n) is 3.43. The fourth-order valence-corrected chi connectivity index (χ4v) is 1.86. The van der Waals surface area contributed by atoms with Gasteiger partial charge in [-0.1, -0.05) is 60.7 Å². The molecule has 0 bridgehead atoms. The zero-order valence-corrected chi connectivity index (χ0v) is 13.4. The number of benzene rings is 2. The molecule has 0 radical (unpaired) electrons. The Hall–Kier alpha value is -2.70. The Morgan fingerprint density at radius 1 is 1.00 bits per heavy atom. The second-order valence-electron chi connectivity index (χ2n) is 5.51. The van der Waals surface area contributed by atoms with Gasteiger partial charge in [-0.3, -0.25) is 4.79 Å². The summed E-state index contributed by atoms with van der Waals surface area (Å²) >= 11 is 0. The van der Waals surface area contributed by atoms with Crippen LogP contribution in [0.15, 0.2) is 60.7 Å². The monoisotopic (exact) mass is 330 g/mol. The van der Waals surface area contributed by atoms with Crippen LogP contribution in [0.1, 0.15) is 18.1 Å². The van der Waals surface area contributed by atoms with Crippen LogP contribution in [0.2, 0.25) is 0 Å². The number of hydrogen-bond acceptors (Lipinski definition) is 4. The minimum Gasteiger partial charge on any atom is -0.480 e. The molecule has 0 aromatic heterocycles. The molecule has 0 aliphatic rings. The first-order valence-electron chi connectivity index (χ1n) is 7.35. The van der Waals surface area contributed by atoms with Crippen LogP contribution in [0.25, 0.3) is 0 Å². The smallest absolute Gasteiger partial charge is 0.328 e. The zero-order valence-electron chi connectivity index (χ0n) is 13.4. The molecule has 0 fully saturated rings. The topological polar surface area (TPSA) is 127 Å². The van der Waals surface area contributed by atoms with Gasteiger partial charge in [0, 0.05) is 0 Å². The maximum atomic E-state index is 10.7. The van der Waals surface area contributed by atoms with Crippen LogP contribution in [-0.4, -0.2) is 28.2 Å². The molecule has 0 saturated heterocycles. The van der Waals surface area contributed by atoms with Crippen molar-refractivity contribution in [3.8, 4) is 0 Å². The molecule has 6 nitrogen and oxygen atoms in total. The predicted octanol–water partition coefficient (Wildman–Crippen LogP) is 1.59. The SMILES string of the molecule is CC(N)(C(=O)O)c1ccccc1.NC(Cc1ccccc1)C(=O)O. The number of hydrogen-bond donors (Lipinski definition) is 4. The number of carbonyl (C=O) groups is 2. The summed E-state index contributed by atoms with van der Waals surface area (Å²) < 4.78 is 0. The molecule has 6 N–H and O–H groups in total. The van der Waals surface area contributed by atoms with Gasteiger partial charge in [0.1, 0.15) is 11.6 Å². The first kappa shape index (κ1) is 19.3. The van der Waals surface area contributed by atoms with Gasteiger partial charge < -0.3 is 21.7 Å². The van der Waals surface area contributed by atoms with Crippen molar-refractivity contribution in [1.29, 1.82) is 0 Å². The van der Waals surface area contributed by atoms with Gasteiger partial charge in [0.05, 0.1) is 0 Å². The predicted molar refractivity (Wildman–Crippen MR) is 91.4 cm³/mol. The van der Waals surface area contributed by atoms with E-state index >= 15 is 0 Å². The van der Waals surface area contributed by atoms with E-state index < -0.39 is 23.5 Å². The Morgan fingerprint density at radius 3 is 1.88 bits per heavy atom. The highest BCUT2D eigenvalue weighted by Crippen LogP contribution is 2.16. The summed E-state index contributed by atoms with van der Waals surface area (Å²) in [5.74, 6) is -1.98. The van der Waals surface area contributed by atoms with Crippen LogP contribution in [0, 0.1) is 0 Å². The van der Waals surface area contributed by atoms with E-state index in [1.54, 1.807) is 24.3 Å². The molecule has 0 amide bonds. The highest BCUT2D eigenvalue weighted by atomic mass is 16.4. The number of rotatable bonds is 5. The van der Waals surface area contributed by atoms with E-state index in [0.29, 0.717) is 12.0 Å². The van der Waals surface area contributed by atoms with Crippen LogP contribution in [0.4, 0.5) is 0 Å². The third kappa shape index (κ3) is 5.83.